The average molecular weight is 325 g/mol. The fourth-order valence-electron chi connectivity index (χ4n) is 2.99. The summed E-state index contributed by atoms with van der Waals surface area (Å²) in [4.78, 5) is 16.4. The molecule has 0 saturated carbocycles. The lowest BCUT2D eigenvalue weighted by molar-refractivity contribution is -0.123. The molecule has 0 radical (unpaired) electrons. The molecule has 24 heavy (non-hydrogen) atoms. The number of hydrogen-bond donors (Lipinski definition) is 2. The molecule has 0 aliphatic carbocycles. The van der Waals surface area contributed by atoms with Crippen LogP contribution in [0, 0.1) is 0 Å². The van der Waals surface area contributed by atoms with Gasteiger partial charge >= 0.3 is 0 Å². The van der Waals surface area contributed by atoms with Crippen LogP contribution in [-0.2, 0) is 9.53 Å². The van der Waals surface area contributed by atoms with Gasteiger partial charge in [0.25, 0.3) is 0 Å². The number of carbonyl (C=O) groups is 1. The van der Waals surface area contributed by atoms with Gasteiger partial charge in [-0.25, -0.2) is 0 Å². The second kappa shape index (κ2) is 7.55. The zero-order chi connectivity index (χ0) is 16.9. The van der Waals surface area contributed by atoms with Crippen molar-refractivity contribution in [2.24, 2.45) is 0 Å². The van der Waals surface area contributed by atoms with Crippen molar-refractivity contribution in [2.75, 3.05) is 13.7 Å². The molecule has 1 fully saturated rings. The van der Waals surface area contributed by atoms with Gasteiger partial charge in [-0.15, -0.1) is 0 Å². The lowest BCUT2D eigenvalue weighted by atomic mass is 10.0. The maximum atomic E-state index is 12.3. The Labute approximate surface area is 142 Å². The zero-order valence-electron chi connectivity index (χ0n) is 14.0. The van der Waals surface area contributed by atoms with Gasteiger partial charge in [0.05, 0.1) is 18.2 Å². The Balaban J connectivity index is 1.61. The molecule has 1 aromatic heterocycles. The summed E-state index contributed by atoms with van der Waals surface area (Å²) in [5.41, 5.74) is 3.36. The summed E-state index contributed by atoms with van der Waals surface area (Å²) in [5, 5.41) is 6.28. The second-order valence-corrected chi connectivity index (χ2v) is 6.14. The highest BCUT2D eigenvalue weighted by Crippen LogP contribution is 2.21. The molecule has 3 atom stereocenters. The number of amides is 1. The van der Waals surface area contributed by atoms with Crippen LogP contribution in [0.3, 0.4) is 0 Å². The summed E-state index contributed by atoms with van der Waals surface area (Å²) in [6, 6.07) is 12.0. The van der Waals surface area contributed by atoms with Gasteiger partial charge in [-0.3, -0.25) is 9.78 Å². The molecule has 2 aromatic rings. The summed E-state index contributed by atoms with van der Waals surface area (Å²) in [7, 11) is 1.68. The number of rotatable bonds is 5. The lowest BCUT2D eigenvalue weighted by Gasteiger charge is -2.18. The number of pyridine rings is 1. The third-order valence-corrected chi connectivity index (χ3v) is 4.52. The third kappa shape index (κ3) is 3.80. The first kappa shape index (κ1) is 16.6. The van der Waals surface area contributed by atoms with Gasteiger partial charge < -0.3 is 15.4 Å². The largest absolute Gasteiger partial charge is 0.380 e. The van der Waals surface area contributed by atoms with E-state index in [-0.39, 0.29) is 24.1 Å². The Morgan fingerprint density at radius 3 is 2.50 bits per heavy atom. The van der Waals surface area contributed by atoms with Crippen LogP contribution in [0.15, 0.2) is 48.8 Å². The van der Waals surface area contributed by atoms with Gasteiger partial charge in [0, 0.05) is 26.0 Å². The van der Waals surface area contributed by atoms with E-state index in [2.05, 4.69) is 39.9 Å². The minimum atomic E-state index is -0.173. The Kier molecular flexibility index (Phi) is 5.23. The van der Waals surface area contributed by atoms with Gasteiger partial charge in [0.15, 0.2) is 0 Å². The van der Waals surface area contributed by atoms with Crippen molar-refractivity contribution in [3.05, 3.63) is 54.4 Å². The van der Waals surface area contributed by atoms with Crippen LogP contribution in [0.4, 0.5) is 0 Å². The molecule has 1 aromatic carbocycles. The Bertz CT molecular complexity index is 673. The van der Waals surface area contributed by atoms with Crippen LogP contribution in [0.1, 0.15) is 24.9 Å². The number of nitrogens with one attached hydrogen (secondary N) is 2. The molecule has 2 N–H and O–H groups in total. The molecule has 1 aliphatic heterocycles. The van der Waals surface area contributed by atoms with Gasteiger partial charge in [0.2, 0.25) is 5.91 Å². The van der Waals surface area contributed by atoms with E-state index in [4.69, 9.17) is 4.74 Å². The summed E-state index contributed by atoms with van der Waals surface area (Å²) >= 11 is 0. The predicted octanol–water partition coefficient (Wildman–Crippen LogP) is 2.30. The monoisotopic (exact) mass is 325 g/mol. The summed E-state index contributed by atoms with van der Waals surface area (Å²) in [6.07, 6.45) is 4.41. The topological polar surface area (TPSA) is 63.2 Å². The molecule has 126 valence electrons. The van der Waals surface area contributed by atoms with Crippen LogP contribution < -0.4 is 10.6 Å². The van der Waals surface area contributed by atoms with Crippen molar-refractivity contribution in [2.45, 2.75) is 31.5 Å². The highest BCUT2D eigenvalue weighted by atomic mass is 16.5. The summed E-state index contributed by atoms with van der Waals surface area (Å²) in [6.45, 7) is 2.73. The molecule has 0 unspecified atom stereocenters. The van der Waals surface area contributed by atoms with Crippen molar-refractivity contribution < 1.29 is 9.53 Å². The number of benzene rings is 1. The maximum absolute atomic E-state index is 12.3. The van der Waals surface area contributed by atoms with E-state index in [9.17, 15) is 4.79 Å². The van der Waals surface area contributed by atoms with Gasteiger partial charge in [0.1, 0.15) is 0 Å². The molecular formula is C19H23N3O2. The number of carbonyl (C=O) groups excluding carboxylic acids is 1. The van der Waals surface area contributed by atoms with E-state index >= 15 is 0 Å². The Morgan fingerprint density at radius 1 is 1.21 bits per heavy atom. The highest BCUT2D eigenvalue weighted by Gasteiger charge is 2.29. The molecule has 3 rings (SSSR count). The molecule has 1 saturated heterocycles. The van der Waals surface area contributed by atoms with E-state index in [1.807, 2.05) is 19.1 Å². The number of aromatic nitrogens is 1. The van der Waals surface area contributed by atoms with Crippen molar-refractivity contribution >= 4 is 5.91 Å². The highest BCUT2D eigenvalue weighted by molar-refractivity contribution is 5.82. The van der Waals surface area contributed by atoms with E-state index in [0.717, 1.165) is 29.7 Å². The van der Waals surface area contributed by atoms with Gasteiger partial charge in [-0.1, -0.05) is 24.3 Å². The Morgan fingerprint density at radius 2 is 1.88 bits per heavy atom. The SMILES string of the molecule is CO[C@@H]1CN[C@@H](C(=O)N[C@H](C)c2ccc(-c3ccncc3)cc2)C1. The number of methoxy groups -OCH3 is 1. The van der Waals surface area contributed by atoms with E-state index < -0.39 is 0 Å². The van der Waals surface area contributed by atoms with Crippen LogP contribution in [-0.4, -0.2) is 36.7 Å². The Hall–Kier alpha value is -2.24. The third-order valence-electron chi connectivity index (χ3n) is 4.52. The van der Waals surface area contributed by atoms with Crippen LogP contribution >= 0.6 is 0 Å². The minimum absolute atomic E-state index is 0.0280. The van der Waals surface area contributed by atoms with Gasteiger partial charge in [-0.2, -0.15) is 0 Å². The predicted molar refractivity (Wildman–Crippen MR) is 93.4 cm³/mol. The molecule has 5 heteroatoms. The molecule has 1 amide bonds. The lowest BCUT2D eigenvalue weighted by Crippen LogP contribution is -2.41. The number of nitrogens with zero attached hydrogens (tertiary/aromatic N) is 1. The molecule has 0 spiro atoms. The molecule has 5 nitrogen and oxygen atoms in total. The first-order chi connectivity index (χ1) is 11.7. The van der Waals surface area contributed by atoms with Crippen LogP contribution in [0.25, 0.3) is 11.1 Å². The van der Waals surface area contributed by atoms with Gasteiger partial charge in [-0.05, 0) is 42.2 Å². The van der Waals surface area contributed by atoms with Crippen molar-refractivity contribution in [3.63, 3.8) is 0 Å². The van der Waals surface area contributed by atoms with Crippen LogP contribution in [0.5, 0.6) is 0 Å². The van der Waals surface area contributed by atoms with Crippen LogP contribution in [0.2, 0.25) is 0 Å². The average Bonchev–Trinajstić information content (AvgIpc) is 3.12. The normalized spacial score (nSPS) is 21.4. The van der Waals surface area contributed by atoms with Crippen molar-refractivity contribution in [1.29, 1.82) is 0 Å². The fourth-order valence-corrected chi connectivity index (χ4v) is 2.99. The molecule has 2 heterocycles. The fraction of sp³-hybridized carbons (Fsp3) is 0.368. The molecule has 0 bridgehead atoms. The van der Waals surface area contributed by atoms with E-state index in [1.54, 1.807) is 19.5 Å². The van der Waals surface area contributed by atoms with E-state index in [1.165, 1.54) is 0 Å². The minimum Gasteiger partial charge on any atom is -0.380 e. The van der Waals surface area contributed by atoms with Crippen molar-refractivity contribution in [3.8, 4) is 11.1 Å². The first-order valence-electron chi connectivity index (χ1n) is 8.24. The summed E-state index contributed by atoms with van der Waals surface area (Å²) in [5.74, 6) is 0.0280. The zero-order valence-corrected chi connectivity index (χ0v) is 14.0. The molecule has 1 aliphatic rings. The maximum Gasteiger partial charge on any atom is 0.237 e. The van der Waals surface area contributed by atoms with E-state index in [0.29, 0.717) is 0 Å². The number of hydrogen-bond acceptors (Lipinski definition) is 4. The summed E-state index contributed by atoms with van der Waals surface area (Å²) < 4.78 is 5.29. The number of ether oxygens (including phenoxy) is 1. The van der Waals surface area contributed by atoms with Crippen molar-refractivity contribution in [1.82, 2.24) is 15.6 Å². The quantitative estimate of drug-likeness (QED) is 0.885. The molecular weight excluding hydrogens is 302 g/mol. The second-order valence-electron chi connectivity index (χ2n) is 6.14. The standard InChI is InChI=1S/C19H23N3O2/c1-13(22-19(23)18-11-17(24-2)12-21-18)14-3-5-15(6-4-14)16-7-9-20-10-8-16/h3-10,13,17-18,21H,11-12H2,1-2H3,(H,22,23)/t13-,17+,18-/m1/s1. The first-order valence-corrected chi connectivity index (χ1v) is 8.24. The smallest absolute Gasteiger partial charge is 0.237 e.